The molecular weight excluding hydrogens is 304 g/mol. The molecule has 0 saturated carbocycles. The molecule has 0 bridgehead atoms. The molecule has 2 unspecified atom stereocenters. The Hall–Kier alpha value is -1.59. The number of amides is 2. The fraction of sp³-hybridized carbons (Fsp3) is 0.500. The van der Waals surface area contributed by atoms with Crippen LogP contribution in [-0.2, 0) is 9.59 Å². The number of hydrogen-bond donors (Lipinski definition) is 2. The summed E-state index contributed by atoms with van der Waals surface area (Å²) in [7, 11) is 0. The highest BCUT2D eigenvalue weighted by Crippen LogP contribution is 2.30. The van der Waals surface area contributed by atoms with Gasteiger partial charge in [0.1, 0.15) is 0 Å². The number of nitrogens with zero attached hydrogens (tertiary/aromatic N) is 1. The molecule has 1 saturated heterocycles. The first-order chi connectivity index (χ1) is 10.5. The average molecular weight is 325 g/mol. The Kier molecular flexibility index (Phi) is 5.42. The Morgan fingerprint density at radius 1 is 1.55 bits per heavy atom. The predicted octanol–water partition coefficient (Wildman–Crippen LogP) is 1.89. The molecule has 1 aromatic carbocycles. The highest BCUT2D eigenvalue weighted by Gasteiger charge is 2.36. The second kappa shape index (κ2) is 7.11. The third-order valence-corrected chi connectivity index (χ3v) is 4.25. The van der Waals surface area contributed by atoms with Crippen molar-refractivity contribution in [3.63, 3.8) is 0 Å². The normalized spacial score (nSPS) is 19.4. The van der Waals surface area contributed by atoms with Crippen LogP contribution in [0.15, 0.2) is 18.2 Å². The summed E-state index contributed by atoms with van der Waals surface area (Å²) in [5.74, 6) is -0.662. The zero-order valence-corrected chi connectivity index (χ0v) is 13.6. The number of aliphatic hydroxyl groups excluding tert-OH is 1. The molecular formula is C16H21ClN2O3. The summed E-state index contributed by atoms with van der Waals surface area (Å²) in [6.07, 6.45) is 0.833. The molecule has 1 aliphatic heterocycles. The minimum atomic E-state index is -0.397. The van der Waals surface area contributed by atoms with Gasteiger partial charge in [0.05, 0.1) is 18.6 Å². The number of anilines is 1. The van der Waals surface area contributed by atoms with Crippen molar-refractivity contribution in [2.75, 3.05) is 18.1 Å². The lowest BCUT2D eigenvalue weighted by Gasteiger charge is -2.20. The molecule has 5 nitrogen and oxygen atoms in total. The van der Waals surface area contributed by atoms with Crippen molar-refractivity contribution in [2.24, 2.45) is 5.92 Å². The topological polar surface area (TPSA) is 69.6 Å². The SMILES string of the molecule is CCC(CO)NC(=O)C1CC(=O)N(c2cc(Cl)ccc2C)C1. The van der Waals surface area contributed by atoms with Crippen molar-refractivity contribution in [3.05, 3.63) is 28.8 Å². The molecule has 1 heterocycles. The lowest BCUT2D eigenvalue weighted by Crippen LogP contribution is -2.41. The Bertz CT molecular complexity index is 573. The van der Waals surface area contributed by atoms with Crippen LogP contribution in [0.1, 0.15) is 25.3 Å². The lowest BCUT2D eigenvalue weighted by atomic mass is 10.1. The van der Waals surface area contributed by atoms with Gasteiger partial charge in [-0.2, -0.15) is 0 Å². The fourth-order valence-corrected chi connectivity index (χ4v) is 2.75. The zero-order valence-electron chi connectivity index (χ0n) is 12.8. The first-order valence-electron chi connectivity index (χ1n) is 7.44. The van der Waals surface area contributed by atoms with Gasteiger partial charge in [-0.05, 0) is 31.0 Å². The maximum atomic E-state index is 12.2. The lowest BCUT2D eigenvalue weighted by molar-refractivity contribution is -0.127. The number of halogens is 1. The van der Waals surface area contributed by atoms with E-state index in [1.165, 1.54) is 0 Å². The van der Waals surface area contributed by atoms with E-state index in [0.29, 0.717) is 18.0 Å². The number of carbonyl (C=O) groups is 2. The smallest absolute Gasteiger partial charge is 0.227 e. The van der Waals surface area contributed by atoms with E-state index in [-0.39, 0.29) is 30.9 Å². The van der Waals surface area contributed by atoms with Crippen molar-refractivity contribution < 1.29 is 14.7 Å². The molecule has 0 radical (unpaired) electrons. The Balaban J connectivity index is 2.10. The summed E-state index contributed by atoms with van der Waals surface area (Å²) >= 11 is 6.00. The molecule has 22 heavy (non-hydrogen) atoms. The van der Waals surface area contributed by atoms with Crippen LogP contribution in [-0.4, -0.2) is 36.1 Å². The van der Waals surface area contributed by atoms with E-state index < -0.39 is 5.92 Å². The van der Waals surface area contributed by atoms with Gasteiger partial charge in [0.2, 0.25) is 11.8 Å². The second-order valence-corrected chi connectivity index (χ2v) is 6.07. The average Bonchev–Trinajstić information content (AvgIpc) is 2.89. The van der Waals surface area contributed by atoms with Crippen molar-refractivity contribution in [1.29, 1.82) is 0 Å². The number of rotatable bonds is 5. The summed E-state index contributed by atoms with van der Waals surface area (Å²) in [4.78, 5) is 26.1. The van der Waals surface area contributed by atoms with Crippen LogP contribution in [0.5, 0.6) is 0 Å². The number of hydrogen-bond acceptors (Lipinski definition) is 3. The summed E-state index contributed by atoms with van der Waals surface area (Å²) in [5, 5.41) is 12.5. The van der Waals surface area contributed by atoms with Crippen LogP contribution < -0.4 is 10.2 Å². The Labute approximate surface area is 135 Å². The van der Waals surface area contributed by atoms with Crippen LogP contribution in [0.3, 0.4) is 0 Å². The maximum absolute atomic E-state index is 12.2. The molecule has 2 rings (SSSR count). The molecule has 2 atom stereocenters. The molecule has 1 fully saturated rings. The first kappa shape index (κ1) is 16.8. The van der Waals surface area contributed by atoms with Gasteiger partial charge in [0, 0.05) is 23.7 Å². The summed E-state index contributed by atoms with van der Waals surface area (Å²) in [6.45, 7) is 4.04. The number of carbonyl (C=O) groups excluding carboxylic acids is 2. The van der Waals surface area contributed by atoms with Crippen LogP contribution in [0.25, 0.3) is 0 Å². The molecule has 1 aliphatic rings. The van der Waals surface area contributed by atoms with Gasteiger partial charge >= 0.3 is 0 Å². The van der Waals surface area contributed by atoms with E-state index in [4.69, 9.17) is 16.7 Å². The summed E-state index contributed by atoms with van der Waals surface area (Å²) < 4.78 is 0. The van der Waals surface area contributed by atoms with E-state index in [1.807, 2.05) is 19.9 Å². The van der Waals surface area contributed by atoms with Crippen LogP contribution >= 0.6 is 11.6 Å². The summed E-state index contributed by atoms with van der Waals surface area (Å²) in [5.41, 5.74) is 1.70. The van der Waals surface area contributed by atoms with Crippen molar-refractivity contribution in [1.82, 2.24) is 5.32 Å². The quantitative estimate of drug-likeness (QED) is 0.869. The number of aliphatic hydroxyl groups is 1. The maximum Gasteiger partial charge on any atom is 0.227 e. The van der Waals surface area contributed by atoms with Gasteiger partial charge in [0.25, 0.3) is 0 Å². The van der Waals surface area contributed by atoms with Gasteiger partial charge in [-0.1, -0.05) is 24.6 Å². The van der Waals surface area contributed by atoms with Crippen LogP contribution in [0.4, 0.5) is 5.69 Å². The molecule has 0 aromatic heterocycles. The summed E-state index contributed by atoms with van der Waals surface area (Å²) in [6, 6.07) is 5.12. The standard InChI is InChI=1S/C16H21ClN2O3/c1-3-13(9-20)18-16(22)11-6-15(21)19(8-11)14-7-12(17)5-4-10(14)2/h4-5,7,11,13,20H,3,6,8-9H2,1-2H3,(H,18,22). The predicted molar refractivity (Wildman–Crippen MR) is 86.0 cm³/mol. The van der Waals surface area contributed by atoms with Crippen molar-refractivity contribution >= 4 is 29.1 Å². The van der Waals surface area contributed by atoms with E-state index >= 15 is 0 Å². The van der Waals surface area contributed by atoms with E-state index in [1.54, 1.807) is 17.0 Å². The van der Waals surface area contributed by atoms with E-state index in [2.05, 4.69) is 5.32 Å². The molecule has 0 aliphatic carbocycles. The van der Waals surface area contributed by atoms with Gasteiger partial charge in [-0.25, -0.2) is 0 Å². The molecule has 2 N–H and O–H groups in total. The molecule has 6 heteroatoms. The van der Waals surface area contributed by atoms with Gasteiger partial charge in [0.15, 0.2) is 0 Å². The molecule has 2 amide bonds. The van der Waals surface area contributed by atoms with Crippen molar-refractivity contribution in [3.8, 4) is 0 Å². The molecule has 1 aromatic rings. The van der Waals surface area contributed by atoms with E-state index in [9.17, 15) is 9.59 Å². The first-order valence-corrected chi connectivity index (χ1v) is 7.81. The van der Waals surface area contributed by atoms with Gasteiger partial charge in [-0.15, -0.1) is 0 Å². The minimum absolute atomic E-state index is 0.0810. The second-order valence-electron chi connectivity index (χ2n) is 5.63. The van der Waals surface area contributed by atoms with E-state index in [0.717, 1.165) is 11.3 Å². The number of nitrogens with one attached hydrogen (secondary N) is 1. The van der Waals surface area contributed by atoms with Crippen LogP contribution in [0, 0.1) is 12.8 Å². The third kappa shape index (κ3) is 3.59. The minimum Gasteiger partial charge on any atom is -0.394 e. The number of benzene rings is 1. The Morgan fingerprint density at radius 2 is 2.27 bits per heavy atom. The van der Waals surface area contributed by atoms with Gasteiger partial charge in [-0.3, -0.25) is 9.59 Å². The largest absolute Gasteiger partial charge is 0.394 e. The third-order valence-electron chi connectivity index (χ3n) is 4.02. The van der Waals surface area contributed by atoms with Crippen LogP contribution in [0.2, 0.25) is 5.02 Å². The van der Waals surface area contributed by atoms with Gasteiger partial charge < -0.3 is 15.3 Å². The highest BCUT2D eigenvalue weighted by molar-refractivity contribution is 6.31. The van der Waals surface area contributed by atoms with Crippen molar-refractivity contribution in [2.45, 2.75) is 32.7 Å². The Morgan fingerprint density at radius 3 is 2.91 bits per heavy atom. The zero-order chi connectivity index (χ0) is 16.3. The highest BCUT2D eigenvalue weighted by atomic mass is 35.5. The number of aryl methyl sites for hydroxylation is 1. The fourth-order valence-electron chi connectivity index (χ4n) is 2.59. The molecule has 120 valence electrons. The molecule has 0 spiro atoms. The monoisotopic (exact) mass is 324 g/mol.